The van der Waals surface area contributed by atoms with Crippen molar-refractivity contribution in [3.63, 3.8) is 0 Å². The van der Waals surface area contributed by atoms with Gasteiger partial charge in [-0.05, 0) is 74.4 Å². The van der Waals surface area contributed by atoms with Crippen LogP contribution in [-0.4, -0.2) is 42.7 Å². The van der Waals surface area contributed by atoms with Gasteiger partial charge in [0.25, 0.3) is 17.7 Å². The molecule has 1 aliphatic heterocycles. The number of anilines is 1. The zero-order chi connectivity index (χ0) is 25.6. The Balaban J connectivity index is 1.31. The Morgan fingerprint density at radius 2 is 1.86 bits per heavy atom. The maximum atomic E-state index is 13.3. The summed E-state index contributed by atoms with van der Waals surface area (Å²) in [5.74, 6) is -1.41. The number of nitrogens with zero attached hydrogens (tertiary/aromatic N) is 2. The fourth-order valence-corrected chi connectivity index (χ4v) is 5.94. The number of fused-ring (bicyclic) bond motifs is 5. The van der Waals surface area contributed by atoms with Crippen LogP contribution in [0.4, 0.5) is 10.1 Å². The van der Waals surface area contributed by atoms with Crippen LogP contribution in [0.1, 0.15) is 12.0 Å². The van der Waals surface area contributed by atoms with Crippen LogP contribution in [0.5, 0.6) is 11.5 Å². The van der Waals surface area contributed by atoms with Crippen molar-refractivity contribution >= 4 is 61.5 Å². The van der Waals surface area contributed by atoms with Gasteiger partial charge in [-0.1, -0.05) is 18.2 Å². The van der Waals surface area contributed by atoms with Crippen LogP contribution in [0.25, 0.3) is 0 Å². The topological polar surface area (TPSA) is 97.3 Å². The number of benzene rings is 2. The van der Waals surface area contributed by atoms with E-state index in [-0.39, 0.29) is 47.8 Å². The smallest absolute Gasteiger partial charge is 0.262 e. The number of carbonyl (C=O) groups is 3. The molecule has 186 valence electrons. The van der Waals surface area contributed by atoms with Crippen LogP contribution >= 0.6 is 31.9 Å². The Kier molecular flexibility index (Phi) is 6.69. The van der Waals surface area contributed by atoms with Gasteiger partial charge >= 0.3 is 0 Å². The van der Waals surface area contributed by atoms with Gasteiger partial charge in [-0.3, -0.25) is 14.4 Å². The molecule has 2 aliphatic carbocycles. The maximum absolute atomic E-state index is 13.3. The second-order valence-corrected chi connectivity index (χ2v) is 10.3. The highest BCUT2D eigenvalue weighted by Gasteiger charge is 2.59. The van der Waals surface area contributed by atoms with Gasteiger partial charge in [-0.25, -0.2) is 4.39 Å². The molecule has 2 bridgehead atoms. The standard InChI is InChI=1S/C25H20Br2FN3O5/c1-35-17-8-14(10-29-31-24(33)19-12-5-6-13(7-12)20(19)25(31)34)21(26)22(27)23(17)36-11-18(32)30-16-4-2-3-15(28)9-16/h2-6,8-10,12-13,19-20H,7,11H2,1H3,(H,30,32)/t12-,13-,19-,20+/m0/s1. The molecule has 2 fully saturated rings. The van der Waals surface area contributed by atoms with Crippen molar-refractivity contribution in [1.82, 2.24) is 5.01 Å². The molecule has 2 aromatic carbocycles. The predicted octanol–water partition coefficient (Wildman–Crippen LogP) is 4.52. The lowest BCUT2D eigenvalue weighted by Gasteiger charge is -2.16. The van der Waals surface area contributed by atoms with Gasteiger partial charge in [-0.15, -0.1) is 0 Å². The molecule has 8 nitrogen and oxygen atoms in total. The highest BCUT2D eigenvalue weighted by molar-refractivity contribution is 9.13. The third kappa shape index (κ3) is 4.34. The lowest BCUT2D eigenvalue weighted by Crippen LogP contribution is -2.28. The summed E-state index contributed by atoms with van der Waals surface area (Å²) in [5.41, 5.74) is 0.829. The highest BCUT2D eigenvalue weighted by atomic mass is 79.9. The molecule has 0 spiro atoms. The van der Waals surface area contributed by atoms with E-state index < -0.39 is 11.7 Å². The average Bonchev–Trinajstić information content (AvgIpc) is 3.53. The van der Waals surface area contributed by atoms with E-state index in [9.17, 15) is 18.8 Å². The summed E-state index contributed by atoms with van der Waals surface area (Å²) < 4.78 is 25.4. The Labute approximate surface area is 222 Å². The number of ether oxygens (including phenoxy) is 2. The monoisotopic (exact) mass is 619 g/mol. The van der Waals surface area contributed by atoms with Crippen molar-refractivity contribution in [3.05, 3.63) is 62.8 Å². The summed E-state index contributed by atoms with van der Waals surface area (Å²) in [7, 11) is 1.44. The number of hydrogen-bond acceptors (Lipinski definition) is 6. The summed E-state index contributed by atoms with van der Waals surface area (Å²) in [6.07, 6.45) is 6.31. The van der Waals surface area contributed by atoms with Gasteiger partial charge in [0, 0.05) is 15.7 Å². The van der Waals surface area contributed by atoms with Gasteiger partial charge in [0.2, 0.25) is 0 Å². The molecule has 1 saturated carbocycles. The summed E-state index contributed by atoms with van der Waals surface area (Å²) in [4.78, 5) is 38.0. The number of nitrogens with one attached hydrogen (secondary N) is 1. The molecule has 3 amide bonds. The molecule has 11 heteroatoms. The van der Waals surface area contributed by atoms with E-state index >= 15 is 0 Å². The van der Waals surface area contributed by atoms with Crippen molar-refractivity contribution in [1.29, 1.82) is 0 Å². The normalized spacial score (nSPS) is 24.1. The number of hydrazone groups is 1. The van der Waals surface area contributed by atoms with Crippen LogP contribution in [0, 0.1) is 29.5 Å². The lowest BCUT2D eigenvalue weighted by molar-refractivity contribution is -0.140. The van der Waals surface area contributed by atoms with Crippen LogP contribution in [-0.2, 0) is 14.4 Å². The molecule has 2 aromatic rings. The first-order chi connectivity index (χ1) is 17.3. The molecule has 0 aromatic heterocycles. The first kappa shape index (κ1) is 24.6. The second-order valence-electron chi connectivity index (χ2n) is 8.71. The van der Waals surface area contributed by atoms with E-state index in [0.717, 1.165) is 11.4 Å². The summed E-state index contributed by atoms with van der Waals surface area (Å²) in [5, 5.41) is 7.73. The van der Waals surface area contributed by atoms with Crippen molar-refractivity contribution < 1.29 is 28.2 Å². The highest BCUT2D eigenvalue weighted by Crippen LogP contribution is 2.52. The third-order valence-corrected chi connectivity index (χ3v) is 8.73. The SMILES string of the molecule is COc1cc(C=NN2C(=O)[C@@H]3[C@H](C2=O)[C@H]2C=C[C@H]3C2)c(Br)c(Br)c1OCC(=O)Nc1cccc(F)c1. The molecule has 36 heavy (non-hydrogen) atoms. The first-order valence-corrected chi connectivity index (χ1v) is 12.7. The van der Waals surface area contributed by atoms with E-state index in [1.54, 1.807) is 12.1 Å². The molecular weight excluding hydrogens is 601 g/mol. The molecule has 0 unspecified atom stereocenters. The zero-order valence-electron chi connectivity index (χ0n) is 18.9. The molecule has 5 rings (SSSR count). The number of hydrogen-bond donors (Lipinski definition) is 1. The first-order valence-electron chi connectivity index (χ1n) is 11.1. The predicted molar refractivity (Wildman–Crippen MR) is 136 cm³/mol. The van der Waals surface area contributed by atoms with Crippen LogP contribution in [0.3, 0.4) is 0 Å². The number of halogens is 3. The van der Waals surface area contributed by atoms with Crippen molar-refractivity contribution in [2.75, 3.05) is 19.0 Å². The molecule has 1 heterocycles. The molecule has 3 aliphatic rings. The van der Waals surface area contributed by atoms with Crippen molar-refractivity contribution in [3.8, 4) is 11.5 Å². The van der Waals surface area contributed by atoms with E-state index in [0.29, 0.717) is 25.9 Å². The minimum Gasteiger partial charge on any atom is -0.493 e. The molecule has 1 saturated heterocycles. The summed E-state index contributed by atoms with van der Waals surface area (Å²) in [6.45, 7) is -0.360. The summed E-state index contributed by atoms with van der Waals surface area (Å²) >= 11 is 6.91. The Morgan fingerprint density at radius 3 is 2.50 bits per heavy atom. The summed E-state index contributed by atoms with van der Waals surface area (Å²) in [6, 6.07) is 7.13. The molecular formula is C25H20Br2FN3O5. The van der Waals surface area contributed by atoms with E-state index in [4.69, 9.17) is 9.47 Å². The van der Waals surface area contributed by atoms with Gasteiger partial charge in [-0.2, -0.15) is 10.1 Å². The molecule has 4 atom stereocenters. The molecule has 1 N–H and O–H groups in total. The number of methoxy groups -OCH3 is 1. The lowest BCUT2D eigenvalue weighted by atomic mass is 9.85. The van der Waals surface area contributed by atoms with Gasteiger partial charge in [0.1, 0.15) is 5.82 Å². The van der Waals surface area contributed by atoms with Crippen LogP contribution in [0.15, 0.2) is 56.5 Å². The average molecular weight is 621 g/mol. The van der Waals surface area contributed by atoms with E-state index in [2.05, 4.69) is 42.3 Å². The minimum atomic E-state index is -0.489. The molecule has 0 radical (unpaired) electrons. The number of allylic oxidation sites excluding steroid dienone is 2. The van der Waals surface area contributed by atoms with Crippen molar-refractivity contribution in [2.45, 2.75) is 6.42 Å². The van der Waals surface area contributed by atoms with Gasteiger partial charge in [0.15, 0.2) is 18.1 Å². The van der Waals surface area contributed by atoms with Gasteiger partial charge < -0.3 is 14.8 Å². The fourth-order valence-electron chi connectivity index (χ4n) is 5.01. The van der Waals surface area contributed by atoms with Crippen LogP contribution in [0.2, 0.25) is 0 Å². The maximum Gasteiger partial charge on any atom is 0.262 e. The number of amides is 3. The van der Waals surface area contributed by atoms with E-state index in [1.807, 2.05) is 12.2 Å². The Bertz CT molecular complexity index is 1300. The minimum absolute atomic E-state index is 0.104. The number of rotatable bonds is 7. The fraction of sp³-hybridized carbons (Fsp3) is 0.280. The Hall–Kier alpha value is -3.05. The number of imide groups is 1. The largest absolute Gasteiger partial charge is 0.493 e. The Morgan fingerprint density at radius 1 is 1.17 bits per heavy atom. The number of carbonyl (C=O) groups excluding carboxylic acids is 3. The van der Waals surface area contributed by atoms with Crippen molar-refractivity contribution in [2.24, 2.45) is 28.8 Å². The quantitative estimate of drug-likeness (QED) is 0.279. The van der Waals surface area contributed by atoms with Gasteiger partial charge in [0.05, 0.1) is 29.6 Å². The third-order valence-electron chi connectivity index (χ3n) is 6.59. The zero-order valence-corrected chi connectivity index (χ0v) is 22.1. The second kappa shape index (κ2) is 9.78. The van der Waals surface area contributed by atoms with E-state index in [1.165, 1.54) is 31.5 Å². The van der Waals surface area contributed by atoms with Crippen LogP contribution < -0.4 is 14.8 Å².